The highest BCUT2D eigenvalue weighted by atomic mass is 35.5. The summed E-state index contributed by atoms with van der Waals surface area (Å²) in [5, 5.41) is 7.53. The standard InChI is InChI=1S/C21H18ClN5OS/c22-19-16(20-23-7-12-29-20)5-6-18-17(19)13-24-21(26-18)25-14-1-3-15(4-2-14)27-8-10-28-11-9-27/h1-7,12-13H,8-11H2,(H,24,25,26). The number of fused-ring (bicyclic) bond motifs is 1. The highest BCUT2D eigenvalue weighted by molar-refractivity contribution is 7.13. The van der Waals surface area contributed by atoms with Crippen LogP contribution in [0.4, 0.5) is 17.3 Å². The molecule has 0 radical (unpaired) electrons. The van der Waals surface area contributed by atoms with Gasteiger partial charge in [0.05, 0.1) is 23.8 Å². The minimum absolute atomic E-state index is 0.537. The van der Waals surface area contributed by atoms with E-state index in [0.29, 0.717) is 11.0 Å². The predicted molar refractivity (Wildman–Crippen MR) is 118 cm³/mol. The summed E-state index contributed by atoms with van der Waals surface area (Å²) in [5.74, 6) is 0.537. The maximum atomic E-state index is 6.59. The van der Waals surface area contributed by atoms with Crippen LogP contribution in [0.5, 0.6) is 0 Å². The zero-order chi connectivity index (χ0) is 19.6. The summed E-state index contributed by atoms with van der Waals surface area (Å²) in [5.41, 5.74) is 3.82. The Morgan fingerprint density at radius 2 is 1.86 bits per heavy atom. The number of nitrogens with zero attached hydrogens (tertiary/aromatic N) is 4. The van der Waals surface area contributed by atoms with Crippen molar-refractivity contribution in [3.05, 3.63) is 59.2 Å². The zero-order valence-electron chi connectivity index (χ0n) is 15.5. The lowest BCUT2D eigenvalue weighted by Gasteiger charge is -2.28. The number of aromatic nitrogens is 3. The number of hydrogen-bond acceptors (Lipinski definition) is 7. The summed E-state index contributed by atoms with van der Waals surface area (Å²) in [7, 11) is 0. The van der Waals surface area contributed by atoms with Gasteiger partial charge in [-0.1, -0.05) is 11.6 Å². The van der Waals surface area contributed by atoms with Gasteiger partial charge in [-0.15, -0.1) is 11.3 Å². The van der Waals surface area contributed by atoms with E-state index in [1.54, 1.807) is 23.7 Å². The second-order valence-corrected chi connectivity index (χ2v) is 7.93. The van der Waals surface area contributed by atoms with Gasteiger partial charge in [0.25, 0.3) is 0 Å². The Bertz CT molecular complexity index is 1130. The van der Waals surface area contributed by atoms with Crippen molar-refractivity contribution in [3.8, 4) is 10.6 Å². The van der Waals surface area contributed by atoms with Crippen molar-refractivity contribution in [2.45, 2.75) is 0 Å². The summed E-state index contributed by atoms with van der Waals surface area (Å²) >= 11 is 8.15. The van der Waals surface area contributed by atoms with Crippen molar-refractivity contribution >= 4 is 51.2 Å². The minimum atomic E-state index is 0.537. The van der Waals surface area contributed by atoms with E-state index in [4.69, 9.17) is 16.3 Å². The largest absolute Gasteiger partial charge is 0.378 e. The number of rotatable bonds is 4. The predicted octanol–water partition coefficient (Wildman–Crippen LogP) is 4.99. The summed E-state index contributed by atoms with van der Waals surface area (Å²) in [6.07, 6.45) is 3.53. The van der Waals surface area contributed by atoms with E-state index < -0.39 is 0 Å². The van der Waals surface area contributed by atoms with E-state index in [0.717, 1.165) is 53.5 Å². The number of thiazole rings is 1. The number of morpholine rings is 1. The van der Waals surface area contributed by atoms with E-state index in [1.165, 1.54) is 5.69 Å². The van der Waals surface area contributed by atoms with Crippen molar-refractivity contribution in [1.29, 1.82) is 0 Å². The Balaban J connectivity index is 1.37. The summed E-state index contributed by atoms with van der Waals surface area (Å²) in [6, 6.07) is 12.2. The molecular formula is C21H18ClN5OS. The molecule has 0 spiro atoms. The molecule has 1 saturated heterocycles. The van der Waals surface area contributed by atoms with Gasteiger partial charge in [0.2, 0.25) is 5.95 Å². The van der Waals surface area contributed by atoms with Gasteiger partial charge in [0.1, 0.15) is 5.01 Å². The van der Waals surface area contributed by atoms with Crippen LogP contribution in [0.15, 0.2) is 54.2 Å². The first-order chi connectivity index (χ1) is 14.3. The molecule has 3 heterocycles. The smallest absolute Gasteiger partial charge is 0.227 e. The monoisotopic (exact) mass is 423 g/mol. The SMILES string of the molecule is Clc1c(-c2nccs2)ccc2nc(Nc3ccc(N4CCOCC4)cc3)ncc12. The third kappa shape index (κ3) is 3.76. The molecule has 1 N–H and O–H groups in total. The highest BCUT2D eigenvalue weighted by Crippen LogP contribution is 2.34. The molecule has 5 rings (SSSR count). The van der Waals surface area contributed by atoms with Gasteiger partial charge in [-0.2, -0.15) is 0 Å². The van der Waals surface area contributed by atoms with Crippen LogP contribution in [-0.4, -0.2) is 41.3 Å². The first-order valence-corrected chi connectivity index (χ1v) is 10.6. The zero-order valence-corrected chi connectivity index (χ0v) is 17.1. The number of hydrogen-bond donors (Lipinski definition) is 1. The molecule has 1 aliphatic heterocycles. The molecule has 0 amide bonds. The molecule has 2 aromatic heterocycles. The molecule has 29 heavy (non-hydrogen) atoms. The van der Waals surface area contributed by atoms with Gasteiger partial charge < -0.3 is 15.0 Å². The van der Waals surface area contributed by atoms with Crippen LogP contribution in [0.1, 0.15) is 0 Å². The molecule has 0 bridgehead atoms. The van der Waals surface area contributed by atoms with Crippen LogP contribution in [0.3, 0.4) is 0 Å². The second-order valence-electron chi connectivity index (χ2n) is 6.66. The van der Waals surface area contributed by atoms with E-state index in [2.05, 4.69) is 37.3 Å². The fourth-order valence-corrected chi connectivity index (χ4v) is 4.38. The van der Waals surface area contributed by atoms with Crippen LogP contribution >= 0.6 is 22.9 Å². The molecule has 0 atom stereocenters. The normalized spacial score (nSPS) is 14.3. The molecule has 2 aromatic carbocycles. The van der Waals surface area contributed by atoms with Crippen molar-refractivity contribution < 1.29 is 4.74 Å². The van der Waals surface area contributed by atoms with Crippen molar-refractivity contribution in [2.24, 2.45) is 0 Å². The third-order valence-electron chi connectivity index (χ3n) is 4.86. The van der Waals surface area contributed by atoms with Gasteiger partial charge in [-0.25, -0.2) is 15.0 Å². The number of benzene rings is 2. The number of anilines is 3. The van der Waals surface area contributed by atoms with E-state index in [1.807, 2.05) is 29.6 Å². The number of halogens is 1. The van der Waals surface area contributed by atoms with E-state index >= 15 is 0 Å². The molecule has 0 saturated carbocycles. The van der Waals surface area contributed by atoms with Gasteiger partial charge in [0, 0.05) is 53.2 Å². The Morgan fingerprint density at radius 3 is 2.62 bits per heavy atom. The van der Waals surface area contributed by atoms with Crippen LogP contribution in [0.2, 0.25) is 5.02 Å². The van der Waals surface area contributed by atoms with Crippen LogP contribution in [0.25, 0.3) is 21.5 Å². The topological polar surface area (TPSA) is 63.2 Å². The van der Waals surface area contributed by atoms with Crippen molar-refractivity contribution in [1.82, 2.24) is 15.0 Å². The third-order valence-corrected chi connectivity index (χ3v) is 6.08. The molecule has 1 aliphatic rings. The molecule has 8 heteroatoms. The fraction of sp³-hybridized carbons (Fsp3) is 0.190. The van der Waals surface area contributed by atoms with Gasteiger partial charge in [-0.3, -0.25) is 0 Å². The molecule has 146 valence electrons. The van der Waals surface area contributed by atoms with Gasteiger partial charge >= 0.3 is 0 Å². The molecule has 4 aromatic rings. The lowest BCUT2D eigenvalue weighted by atomic mass is 10.1. The molecule has 6 nitrogen and oxygen atoms in total. The highest BCUT2D eigenvalue weighted by Gasteiger charge is 2.13. The Labute approximate surface area is 177 Å². The van der Waals surface area contributed by atoms with Crippen molar-refractivity contribution in [3.63, 3.8) is 0 Å². The van der Waals surface area contributed by atoms with Crippen LogP contribution in [-0.2, 0) is 4.74 Å². The molecule has 0 aliphatic carbocycles. The average Bonchev–Trinajstić information content (AvgIpc) is 3.30. The van der Waals surface area contributed by atoms with E-state index in [9.17, 15) is 0 Å². The Kier molecular flexibility index (Phi) is 5.01. The first kappa shape index (κ1) is 18.3. The van der Waals surface area contributed by atoms with Gasteiger partial charge in [0.15, 0.2) is 0 Å². The molecular weight excluding hydrogens is 406 g/mol. The maximum Gasteiger partial charge on any atom is 0.227 e. The minimum Gasteiger partial charge on any atom is -0.378 e. The van der Waals surface area contributed by atoms with Crippen molar-refractivity contribution in [2.75, 3.05) is 36.5 Å². The summed E-state index contributed by atoms with van der Waals surface area (Å²) < 4.78 is 5.41. The maximum absolute atomic E-state index is 6.59. The van der Waals surface area contributed by atoms with Gasteiger partial charge in [-0.05, 0) is 36.4 Å². The summed E-state index contributed by atoms with van der Waals surface area (Å²) in [6.45, 7) is 3.39. The average molecular weight is 424 g/mol. The summed E-state index contributed by atoms with van der Waals surface area (Å²) in [4.78, 5) is 15.7. The first-order valence-electron chi connectivity index (χ1n) is 9.33. The van der Waals surface area contributed by atoms with Crippen LogP contribution in [0, 0.1) is 0 Å². The number of ether oxygens (including phenoxy) is 1. The number of nitrogens with one attached hydrogen (secondary N) is 1. The Morgan fingerprint density at radius 1 is 1.03 bits per heavy atom. The van der Waals surface area contributed by atoms with Crippen LogP contribution < -0.4 is 10.2 Å². The lowest BCUT2D eigenvalue weighted by Crippen LogP contribution is -2.36. The molecule has 1 fully saturated rings. The fourth-order valence-electron chi connectivity index (χ4n) is 3.36. The van der Waals surface area contributed by atoms with E-state index in [-0.39, 0.29) is 0 Å². The lowest BCUT2D eigenvalue weighted by molar-refractivity contribution is 0.122. The molecule has 0 unspecified atom stereocenters. The second kappa shape index (κ2) is 7.94. The Hall–Kier alpha value is -2.74. The quantitative estimate of drug-likeness (QED) is 0.499.